The van der Waals surface area contributed by atoms with Gasteiger partial charge in [-0.05, 0) is 43.3 Å². The number of benzene rings is 2. The summed E-state index contributed by atoms with van der Waals surface area (Å²) in [5, 5.41) is 3.59. The lowest BCUT2D eigenvalue weighted by atomic mass is 10.1. The maximum Gasteiger partial charge on any atom is 0.416 e. The number of sulfonamides is 1. The Morgan fingerprint density at radius 1 is 1.15 bits per heavy atom. The van der Waals surface area contributed by atoms with Gasteiger partial charge < -0.3 is 14.0 Å². The topological polar surface area (TPSA) is 121 Å². The van der Waals surface area contributed by atoms with E-state index in [-0.39, 0.29) is 35.1 Å². The second-order valence-corrected chi connectivity index (χ2v) is 8.57. The Kier molecular flexibility index (Phi) is 7.89. The van der Waals surface area contributed by atoms with Gasteiger partial charge in [-0.15, -0.1) is 0 Å². The number of hydrogen-bond acceptors (Lipinski definition) is 8. The van der Waals surface area contributed by atoms with Gasteiger partial charge in [0.2, 0.25) is 15.8 Å². The molecule has 182 valence electrons. The Hall–Kier alpha value is -3.45. The largest absolute Gasteiger partial charge is 0.494 e. The number of aromatic nitrogens is 2. The fraction of sp³-hybridized carbons (Fsp3) is 0.286. The Morgan fingerprint density at radius 2 is 1.88 bits per heavy atom. The van der Waals surface area contributed by atoms with Gasteiger partial charge in [-0.2, -0.15) is 18.2 Å². The smallest absolute Gasteiger partial charge is 0.416 e. The van der Waals surface area contributed by atoms with Crippen LogP contribution in [0.4, 0.5) is 13.2 Å². The van der Waals surface area contributed by atoms with E-state index in [4.69, 9.17) is 14.0 Å². The number of carbonyl (C=O) groups excluding carboxylic acids is 1. The number of ether oxygens (including phenoxy) is 2. The molecule has 34 heavy (non-hydrogen) atoms. The third kappa shape index (κ3) is 6.78. The number of hydrogen-bond donors (Lipinski definition) is 1. The standard InChI is InChI=1S/C21H20F3N3O6S/c1-2-31-16-6-8-17(9-7-16)34(29,30)25-11-10-19(28)32-13-18-26-20(27-33-18)14-4-3-5-15(12-14)21(22,23)24/h3-9,12,25H,2,10-11,13H2,1H3. The van der Waals surface area contributed by atoms with Crippen LogP contribution in [0.1, 0.15) is 24.8 Å². The molecule has 3 aromatic rings. The highest BCUT2D eigenvalue weighted by atomic mass is 32.2. The van der Waals surface area contributed by atoms with Crippen LogP contribution in [-0.2, 0) is 32.3 Å². The van der Waals surface area contributed by atoms with Gasteiger partial charge in [-0.1, -0.05) is 17.3 Å². The number of rotatable bonds is 10. The zero-order chi connectivity index (χ0) is 24.8. The fourth-order valence-corrected chi connectivity index (χ4v) is 3.76. The monoisotopic (exact) mass is 499 g/mol. The number of nitrogens with zero attached hydrogens (tertiary/aromatic N) is 2. The average Bonchev–Trinajstić information content (AvgIpc) is 3.27. The molecule has 0 radical (unpaired) electrons. The van der Waals surface area contributed by atoms with Crippen molar-refractivity contribution in [2.24, 2.45) is 0 Å². The van der Waals surface area contributed by atoms with Gasteiger partial charge in [0.05, 0.1) is 23.5 Å². The molecule has 0 saturated carbocycles. The molecule has 13 heteroatoms. The first-order valence-electron chi connectivity index (χ1n) is 9.97. The van der Waals surface area contributed by atoms with Crippen LogP contribution >= 0.6 is 0 Å². The summed E-state index contributed by atoms with van der Waals surface area (Å²) in [4.78, 5) is 15.8. The SMILES string of the molecule is CCOc1ccc(S(=O)(=O)NCCC(=O)OCc2nc(-c3cccc(C(F)(F)F)c3)no2)cc1. The number of carbonyl (C=O) groups is 1. The van der Waals surface area contributed by atoms with Crippen molar-refractivity contribution in [3.05, 3.63) is 60.0 Å². The average molecular weight is 499 g/mol. The third-order valence-corrected chi connectivity index (χ3v) is 5.82. The summed E-state index contributed by atoms with van der Waals surface area (Å²) in [7, 11) is -3.83. The summed E-state index contributed by atoms with van der Waals surface area (Å²) in [6.45, 7) is 1.62. The minimum atomic E-state index is -4.52. The van der Waals surface area contributed by atoms with E-state index >= 15 is 0 Å². The molecule has 0 unspecified atom stereocenters. The quantitative estimate of drug-likeness (QED) is 0.421. The van der Waals surface area contributed by atoms with Gasteiger partial charge in [0, 0.05) is 12.1 Å². The van der Waals surface area contributed by atoms with E-state index in [2.05, 4.69) is 14.9 Å². The van der Waals surface area contributed by atoms with Gasteiger partial charge in [-0.25, -0.2) is 13.1 Å². The molecule has 1 N–H and O–H groups in total. The van der Waals surface area contributed by atoms with E-state index in [0.29, 0.717) is 12.4 Å². The molecular formula is C21H20F3N3O6S. The summed E-state index contributed by atoms with van der Waals surface area (Å²) < 4.78 is 80.5. The van der Waals surface area contributed by atoms with Crippen molar-refractivity contribution >= 4 is 16.0 Å². The summed E-state index contributed by atoms with van der Waals surface area (Å²) in [5.74, 6) is -0.438. The van der Waals surface area contributed by atoms with Crippen molar-refractivity contribution in [1.29, 1.82) is 0 Å². The second kappa shape index (κ2) is 10.7. The summed E-state index contributed by atoms with van der Waals surface area (Å²) in [6, 6.07) is 10.2. The van der Waals surface area contributed by atoms with E-state index in [1.807, 2.05) is 0 Å². The summed E-state index contributed by atoms with van der Waals surface area (Å²) in [6.07, 6.45) is -4.79. The normalized spacial score (nSPS) is 11.9. The molecule has 0 atom stereocenters. The maximum absolute atomic E-state index is 12.8. The molecule has 0 aliphatic heterocycles. The Bertz CT molecular complexity index is 1230. The van der Waals surface area contributed by atoms with E-state index < -0.39 is 34.3 Å². The predicted octanol–water partition coefficient (Wildman–Crippen LogP) is 3.57. The number of esters is 1. The Morgan fingerprint density at radius 3 is 2.56 bits per heavy atom. The molecule has 1 heterocycles. The molecule has 0 spiro atoms. The van der Waals surface area contributed by atoms with Crippen LogP contribution in [0.3, 0.4) is 0 Å². The van der Waals surface area contributed by atoms with Crippen molar-refractivity contribution in [2.75, 3.05) is 13.2 Å². The van der Waals surface area contributed by atoms with Gasteiger partial charge in [-0.3, -0.25) is 4.79 Å². The second-order valence-electron chi connectivity index (χ2n) is 6.80. The molecular weight excluding hydrogens is 479 g/mol. The first-order chi connectivity index (χ1) is 16.1. The van der Waals surface area contributed by atoms with Gasteiger partial charge in [0.25, 0.3) is 5.89 Å². The van der Waals surface area contributed by atoms with Gasteiger partial charge in [0.15, 0.2) is 6.61 Å². The van der Waals surface area contributed by atoms with Crippen molar-refractivity contribution in [3.63, 3.8) is 0 Å². The zero-order valence-electron chi connectivity index (χ0n) is 17.8. The molecule has 1 aromatic heterocycles. The molecule has 3 rings (SSSR count). The van der Waals surface area contributed by atoms with Crippen LogP contribution in [0.25, 0.3) is 11.4 Å². The van der Waals surface area contributed by atoms with Crippen molar-refractivity contribution in [2.45, 2.75) is 31.0 Å². The van der Waals surface area contributed by atoms with Crippen LogP contribution in [0.2, 0.25) is 0 Å². The van der Waals surface area contributed by atoms with Crippen LogP contribution in [-0.4, -0.2) is 37.7 Å². The van der Waals surface area contributed by atoms with Gasteiger partial charge >= 0.3 is 12.1 Å². The lowest BCUT2D eigenvalue weighted by molar-refractivity contribution is -0.145. The molecule has 0 amide bonds. The first kappa shape index (κ1) is 25.2. The van der Waals surface area contributed by atoms with Crippen LogP contribution in [0.5, 0.6) is 5.75 Å². The number of halogens is 3. The van der Waals surface area contributed by atoms with Crippen LogP contribution in [0.15, 0.2) is 57.9 Å². The molecule has 0 fully saturated rings. The molecule has 0 aliphatic rings. The highest BCUT2D eigenvalue weighted by molar-refractivity contribution is 7.89. The van der Waals surface area contributed by atoms with E-state index in [1.165, 1.54) is 36.4 Å². The molecule has 0 bridgehead atoms. The summed E-state index contributed by atoms with van der Waals surface area (Å²) in [5.41, 5.74) is -0.782. The Labute approximate surface area is 192 Å². The predicted molar refractivity (Wildman–Crippen MR) is 112 cm³/mol. The minimum absolute atomic E-state index is 0.0114. The highest BCUT2D eigenvalue weighted by Gasteiger charge is 2.30. The lowest BCUT2D eigenvalue weighted by Crippen LogP contribution is -2.26. The lowest BCUT2D eigenvalue weighted by Gasteiger charge is -2.08. The summed E-state index contributed by atoms with van der Waals surface area (Å²) >= 11 is 0. The molecule has 9 nitrogen and oxygen atoms in total. The van der Waals surface area contributed by atoms with E-state index in [1.54, 1.807) is 6.92 Å². The van der Waals surface area contributed by atoms with E-state index in [0.717, 1.165) is 12.1 Å². The van der Waals surface area contributed by atoms with Crippen molar-refractivity contribution in [3.8, 4) is 17.1 Å². The number of nitrogens with one attached hydrogen (secondary N) is 1. The number of alkyl halides is 3. The molecule has 0 aliphatic carbocycles. The van der Waals surface area contributed by atoms with Gasteiger partial charge in [0.1, 0.15) is 5.75 Å². The van der Waals surface area contributed by atoms with E-state index in [9.17, 15) is 26.4 Å². The molecule has 2 aromatic carbocycles. The first-order valence-corrected chi connectivity index (χ1v) is 11.4. The highest BCUT2D eigenvalue weighted by Crippen LogP contribution is 2.31. The van der Waals surface area contributed by atoms with Crippen molar-refractivity contribution < 1.29 is 40.4 Å². The Balaban J connectivity index is 1.48. The molecule has 0 saturated heterocycles. The minimum Gasteiger partial charge on any atom is -0.494 e. The van der Waals surface area contributed by atoms with Crippen LogP contribution in [0, 0.1) is 0 Å². The maximum atomic E-state index is 12.8. The van der Waals surface area contributed by atoms with Crippen molar-refractivity contribution in [1.82, 2.24) is 14.9 Å². The third-order valence-electron chi connectivity index (χ3n) is 4.34. The zero-order valence-corrected chi connectivity index (χ0v) is 18.6. The van der Waals surface area contributed by atoms with Crippen LogP contribution < -0.4 is 9.46 Å². The fourth-order valence-electron chi connectivity index (χ4n) is 2.73.